The first kappa shape index (κ1) is 7.59. The number of carboxylic acid groups (broad SMARTS) is 1. The first-order valence-corrected chi connectivity index (χ1v) is 3.15. The van der Waals surface area contributed by atoms with E-state index in [-0.39, 0.29) is 11.4 Å². The first-order chi connectivity index (χ1) is 5.25. The number of ether oxygens (including phenoxy) is 1. The highest BCUT2D eigenvalue weighted by Gasteiger charge is 2.12. The summed E-state index contributed by atoms with van der Waals surface area (Å²) in [5.74, 6) is -0.786. The van der Waals surface area contributed by atoms with Crippen LogP contribution in [0.5, 0.6) is 5.75 Å². The minimum Gasteiger partial charge on any atom is -0.490 e. The molecule has 0 aromatic carbocycles. The summed E-state index contributed by atoms with van der Waals surface area (Å²) in [7, 11) is 0. The van der Waals surface area contributed by atoms with Gasteiger partial charge in [0, 0.05) is 0 Å². The van der Waals surface area contributed by atoms with Gasteiger partial charge in [0.2, 0.25) is 0 Å². The molecule has 1 aromatic heterocycles. The Morgan fingerprint density at radius 2 is 2.64 bits per heavy atom. The van der Waals surface area contributed by atoms with E-state index in [1.807, 2.05) is 0 Å². The Bertz CT molecular complexity index is 256. The quantitative estimate of drug-likeness (QED) is 0.668. The van der Waals surface area contributed by atoms with E-state index in [1.54, 1.807) is 6.92 Å². The van der Waals surface area contributed by atoms with Gasteiger partial charge in [0.15, 0.2) is 11.4 Å². The van der Waals surface area contributed by atoms with E-state index in [1.165, 1.54) is 6.20 Å². The van der Waals surface area contributed by atoms with Crippen molar-refractivity contribution in [2.45, 2.75) is 6.92 Å². The van der Waals surface area contributed by atoms with Crippen LogP contribution in [0.4, 0.5) is 0 Å². The molecule has 0 radical (unpaired) electrons. The van der Waals surface area contributed by atoms with Crippen molar-refractivity contribution >= 4 is 5.97 Å². The van der Waals surface area contributed by atoms with Gasteiger partial charge in [-0.1, -0.05) is 0 Å². The zero-order chi connectivity index (χ0) is 8.27. The normalized spacial score (nSPS) is 9.55. The highest BCUT2D eigenvalue weighted by molar-refractivity contribution is 5.88. The standard InChI is InChI=1S/C6H8N2O3/c1-2-11-4-3-7-8-5(4)6(9)10/h3H,2H2,1H3,(H,7,8)(H,9,10). The summed E-state index contributed by atoms with van der Waals surface area (Å²) in [6.45, 7) is 2.21. The van der Waals surface area contributed by atoms with Crippen LogP contribution in [-0.2, 0) is 0 Å². The van der Waals surface area contributed by atoms with Crippen LogP contribution in [0.15, 0.2) is 6.20 Å². The van der Waals surface area contributed by atoms with Gasteiger partial charge in [0.1, 0.15) is 0 Å². The van der Waals surface area contributed by atoms with Crippen LogP contribution in [0.25, 0.3) is 0 Å². The fourth-order valence-corrected chi connectivity index (χ4v) is 0.693. The zero-order valence-corrected chi connectivity index (χ0v) is 6.00. The maximum atomic E-state index is 10.4. The summed E-state index contributed by atoms with van der Waals surface area (Å²) in [4.78, 5) is 10.4. The summed E-state index contributed by atoms with van der Waals surface area (Å²) in [6, 6.07) is 0. The van der Waals surface area contributed by atoms with Crippen LogP contribution in [-0.4, -0.2) is 27.9 Å². The van der Waals surface area contributed by atoms with E-state index in [2.05, 4.69) is 10.2 Å². The number of H-pyrrole nitrogens is 1. The molecule has 0 saturated carbocycles. The summed E-state index contributed by atoms with van der Waals surface area (Å²) in [6.07, 6.45) is 1.34. The number of carboxylic acids is 1. The van der Waals surface area contributed by atoms with Crippen LogP contribution in [0.3, 0.4) is 0 Å². The molecule has 60 valence electrons. The van der Waals surface area contributed by atoms with Crippen molar-refractivity contribution in [2.24, 2.45) is 0 Å². The minimum atomic E-state index is -1.06. The maximum Gasteiger partial charge on any atom is 0.357 e. The number of aromatic amines is 1. The number of nitrogens with zero attached hydrogens (tertiary/aromatic N) is 1. The van der Waals surface area contributed by atoms with Crippen molar-refractivity contribution in [1.82, 2.24) is 10.2 Å². The lowest BCUT2D eigenvalue weighted by atomic mass is 10.4. The molecular formula is C6H8N2O3. The van der Waals surface area contributed by atoms with Crippen molar-refractivity contribution in [1.29, 1.82) is 0 Å². The molecule has 0 aliphatic carbocycles. The van der Waals surface area contributed by atoms with Crippen molar-refractivity contribution in [2.75, 3.05) is 6.61 Å². The molecular weight excluding hydrogens is 148 g/mol. The molecule has 11 heavy (non-hydrogen) atoms. The number of aromatic nitrogens is 2. The smallest absolute Gasteiger partial charge is 0.357 e. The van der Waals surface area contributed by atoms with Gasteiger partial charge in [0.25, 0.3) is 0 Å². The molecule has 0 unspecified atom stereocenters. The largest absolute Gasteiger partial charge is 0.490 e. The average molecular weight is 156 g/mol. The number of hydrogen-bond donors (Lipinski definition) is 2. The molecule has 0 aliphatic rings. The van der Waals surface area contributed by atoms with Gasteiger partial charge in [-0.25, -0.2) is 4.79 Å². The summed E-state index contributed by atoms with van der Waals surface area (Å²) in [5, 5.41) is 14.4. The Labute approximate surface area is 63.0 Å². The lowest BCUT2D eigenvalue weighted by molar-refractivity contribution is 0.0686. The lowest BCUT2D eigenvalue weighted by Gasteiger charge is -1.98. The summed E-state index contributed by atoms with van der Waals surface area (Å²) in [5.41, 5.74) is -0.00755. The molecule has 1 heterocycles. The number of hydrogen-bond acceptors (Lipinski definition) is 3. The molecule has 0 atom stereocenters. The number of nitrogens with one attached hydrogen (secondary N) is 1. The van der Waals surface area contributed by atoms with E-state index in [0.29, 0.717) is 6.61 Å². The SMILES string of the molecule is CCOc1cn[nH]c1C(=O)O. The maximum absolute atomic E-state index is 10.4. The fraction of sp³-hybridized carbons (Fsp3) is 0.333. The van der Waals surface area contributed by atoms with E-state index < -0.39 is 5.97 Å². The molecule has 5 nitrogen and oxygen atoms in total. The zero-order valence-electron chi connectivity index (χ0n) is 6.00. The van der Waals surface area contributed by atoms with Gasteiger partial charge in [0.05, 0.1) is 12.8 Å². The van der Waals surface area contributed by atoms with E-state index in [0.717, 1.165) is 0 Å². The second kappa shape index (κ2) is 3.05. The Balaban J connectivity index is 2.87. The van der Waals surface area contributed by atoms with Gasteiger partial charge in [-0.2, -0.15) is 5.10 Å². The Morgan fingerprint density at radius 1 is 1.91 bits per heavy atom. The van der Waals surface area contributed by atoms with Crippen LogP contribution in [0.1, 0.15) is 17.4 Å². The van der Waals surface area contributed by atoms with Gasteiger partial charge < -0.3 is 9.84 Å². The third-order valence-electron chi connectivity index (χ3n) is 1.12. The molecule has 0 fully saturated rings. The average Bonchev–Trinajstić information content (AvgIpc) is 2.36. The molecule has 1 aromatic rings. The van der Waals surface area contributed by atoms with Crippen molar-refractivity contribution in [3.05, 3.63) is 11.9 Å². The van der Waals surface area contributed by atoms with Crippen LogP contribution >= 0.6 is 0 Å². The van der Waals surface area contributed by atoms with Gasteiger partial charge in [-0.15, -0.1) is 0 Å². The molecule has 0 saturated heterocycles. The molecule has 2 N–H and O–H groups in total. The number of aromatic carboxylic acids is 1. The number of carbonyl (C=O) groups is 1. The third kappa shape index (κ3) is 1.49. The molecule has 1 rings (SSSR count). The molecule has 0 aliphatic heterocycles. The second-order valence-electron chi connectivity index (χ2n) is 1.85. The molecule has 0 spiro atoms. The highest BCUT2D eigenvalue weighted by Crippen LogP contribution is 2.13. The first-order valence-electron chi connectivity index (χ1n) is 3.15. The lowest BCUT2D eigenvalue weighted by Crippen LogP contribution is -2.01. The Hall–Kier alpha value is -1.52. The van der Waals surface area contributed by atoms with Crippen molar-refractivity contribution in [3.63, 3.8) is 0 Å². The Kier molecular flexibility index (Phi) is 2.10. The van der Waals surface area contributed by atoms with Crippen LogP contribution in [0.2, 0.25) is 0 Å². The van der Waals surface area contributed by atoms with Crippen molar-refractivity contribution in [3.8, 4) is 5.75 Å². The van der Waals surface area contributed by atoms with Crippen LogP contribution < -0.4 is 4.74 Å². The van der Waals surface area contributed by atoms with Crippen molar-refractivity contribution < 1.29 is 14.6 Å². The summed E-state index contributed by atoms with van der Waals surface area (Å²) >= 11 is 0. The minimum absolute atomic E-state index is 0.00755. The fourth-order valence-electron chi connectivity index (χ4n) is 0.693. The third-order valence-corrected chi connectivity index (χ3v) is 1.12. The number of rotatable bonds is 3. The monoisotopic (exact) mass is 156 g/mol. The highest BCUT2D eigenvalue weighted by atomic mass is 16.5. The molecule has 0 amide bonds. The van der Waals surface area contributed by atoms with Crippen LogP contribution in [0, 0.1) is 0 Å². The van der Waals surface area contributed by atoms with E-state index >= 15 is 0 Å². The van der Waals surface area contributed by atoms with Gasteiger partial charge in [-0.05, 0) is 6.92 Å². The predicted molar refractivity (Wildman–Crippen MR) is 36.7 cm³/mol. The molecule has 5 heteroatoms. The summed E-state index contributed by atoms with van der Waals surface area (Å²) < 4.78 is 4.96. The second-order valence-corrected chi connectivity index (χ2v) is 1.85. The van der Waals surface area contributed by atoms with E-state index in [9.17, 15) is 4.79 Å². The van der Waals surface area contributed by atoms with E-state index in [4.69, 9.17) is 9.84 Å². The Morgan fingerprint density at radius 3 is 3.18 bits per heavy atom. The molecule has 0 bridgehead atoms. The topological polar surface area (TPSA) is 75.2 Å². The van der Waals surface area contributed by atoms with Gasteiger partial charge >= 0.3 is 5.97 Å². The predicted octanol–water partition coefficient (Wildman–Crippen LogP) is 0.507. The van der Waals surface area contributed by atoms with Gasteiger partial charge in [-0.3, -0.25) is 5.10 Å².